The average Bonchev–Trinajstić information content (AvgIpc) is 3.54. The third-order valence-electron chi connectivity index (χ3n) is 8.36. The van der Waals surface area contributed by atoms with Crippen molar-refractivity contribution >= 4 is 51.1 Å². The van der Waals surface area contributed by atoms with Crippen LogP contribution in [0.3, 0.4) is 0 Å². The Morgan fingerprint density at radius 2 is 1.82 bits per heavy atom. The first-order valence-corrected chi connectivity index (χ1v) is 15.7. The maximum Gasteiger partial charge on any atom is 0.251 e. The molecule has 2 bridgehead atoms. The van der Waals surface area contributed by atoms with Crippen molar-refractivity contribution < 1.29 is 24.2 Å². The molecule has 6 atom stereocenters. The number of carbonyl (C=O) groups excluding carboxylic acids is 3. The number of fused-ring (bicyclic) bond motifs is 1. The van der Waals surface area contributed by atoms with Crippen LogP contribution in [0.25, 0.3) is 0 Å². The quantitative estimate of drug-likeness (QED) is 0.190. The predicted octanol–water partition coefficient (Wildman–Crippen LogP) is 3.88. The summed E-state index contributed by atoms with van der Waals surface area (Å²) >= 11 is 5.48. The van der Waals surface area contributed by atoms with Crippen LogP contribution in [0.1, 0.15) is 32.1 Å². The number of nitrogens with zero attached hydrogens (tertiary/aromatic N) is 3. The molecule has 3 aliphatic heterocycles. The van der Waals surface area contributed by atoms with Crippen molar-refractivity contribution in [3.63, 3.8) is 0 Å². The number of alkyl halides is 1. The van der Waals surface area contributed by atoms with Crippen LogP contribution in [-0.2, 0) is 14.4 Å². The van der Waals surface area contributed by atoms with E-state index < -0.39 is 22.6 Å². The zero-order chi connectivity index (χ0) is 29.0. The monoisotopic (exact) mass is 633 g/mol. The summed E-state index contributed by atoms with van der Waals surface area (Å²) in [5.41, 5.74) is 0.701. The summed E-state index contributed by atoms with van der Waals surface area (Å²) in [7, 11) is 3.34. The fraction of sp³-hybridized carbons (Fsp3) is 0.567. The van der Waals surface area contributed by atoms with Crippen LogP contribution in [-0.4, -0.2) is 93.9 Å². The molecule has 3 amide bonds. The third-order valence-corrected chi connectivity index (χ3v) is 11.6. The van der Waals surface area contributed by atoms with Gasteiger partial charge in [-0.1, -0.05) is 40.9 Å². The summed E-state index contributed by atoms with van der Waals surface area (Å²) in [5.74, 6) is -0.722. The minimum Gasteiger partial charge on any atom is -0.497 e. The summed E-state index contributed by atoms with van der Waals surface area (Å²) in [6.07, 6.45) is 7.15. The zero-order valence-corrected chi connectivity index (χ0v) is 25.7. The molecule has 4 rings (SSSR count). The number of likely N-dealkylation sites (tertiary alicyclic amines) is 1. The van der Waals surface area contributed by atoms with Crippen LogP contribution in [0.2, 0.25) is 0 Å². The Balaban J connectivity index is 1.73. The first-order valence-electron chi connectivity index (χ1n) is 13.9. The number of hydrogen-bond donors (Lipinski definition) is 1. The largest absolute Gasteiger partial charge is 0.497 e. The maximum atomic E-state index is 14.6. The second-order valence-corrected chi connectivity index (χ2v) is 13.5. The van der Waals surface area contributed by atoms with E-state index in [4.69, 9.17) is 4.74 Å². The molecule has 1 N–H and O–H groups in total. The number of aliphatic hydroxyl groups is 1. The van der Waals surface area contributed by atoms with Gasteiger partial charge in [0.2, 0.25) is 11.8 Å². The third kappa shape index (κ3) is 5.46. The number of unbranched alkanes of at least 4 members (excludes halogenated alkanes) is 3. The highest BCUT2D eigenvalue weighted by atomic mass is 79.9. The zero-order valence-electron chi connectivity index (χ0n) is 23.3. The van der Waals surface area contributed by atoms with E-state index in [0.29, 0.717) is 37.4 Å². The van der Waals surface area contributed by atoms with E-state index >= 15 is 0 Å². The molecule has 1 spiro atoms. The molecule has 40 heavy (non-hydrogen) atoms. The summed E-state index contributed by atoms with van der Waals surface area (Å²) in [5, 5.41) is 9.08. The number of ether oxygens (including phenoxy) is 1. The van der Waals surface area contributed by atoms with Crippen LogP contribution in [0, 0.1) is 11.8 Å². The summed E-state index contributed by atoms with van der Waals surface area (Å²) in [6, 6.07) is 6.60. The van der Waals surface area contributed by atoms with Gasteiger partial charge in [-0.25, -0.2) is 0 Å². The van der Waals surface area contributed by atoms with Crippen molar-refractivity contribution in [2.24, 2.45) is 11.8 Å². The standard InChI is InChI=1S/C30H40BrN3O5S/c1-5-15-32(3)27(36)23-24-28(37)34(17-9-7-8-10-18-35)26(30(24)19-22(31)25(23)40-30)29(38)33(16-6-2)20-11-13-21(39-4)14-12-20/h5-6,11-14,22-26,35H,1-2,7-10,15-19H2,3-4H3/t22?,23-,24-,25-,26?,30?/m0/s1. The molecule has 3 heterocycles. The molecule has 1 aromatic rings. The number of hydrogen-bond acceptors (Lipinski definition) is 6. The van der Waals surface area contributed by atoms with E-state index in [2.05, 4.69) is 29.1 Å². The molecule has 3 unspecified atom stereocenters. The van der Waals surface area contributed by atoms with Gasteiger partial charge in [-0.2, -0.15) is 0 Å². The Kier molecular flexibility index (Phi) is 10.1. The fourth-order valence-corrected chi connectivity index (χ4v) is 10.2. The number of rotatable bonds is 14. The van der Waals surface area contributed by atoms with Crippen LogP contribution in [0.4, 0.5) is 5.69 Å². The van der Waals surface area contributed by atoms with E-state index in [1.807, 2.05) is 24.3 Å². The van der Waals surface area contributed by atoms with E-state index in [-0.39, 0.29) is 41.0 Å². The average molecular weight is 635 g/mol. The van der Waals surface area contributed by atoms with Gasteiger partial charge in [0.05, 0.1) is 23.7 Å². The summed E-state index contributed by atoms with van der Waals surface area (Å²) < 4.78 is 4.60. The van der Waals surface area contributed by atoms with Gasteiger partial charge < -0.3 is 24.5 Å². The highest BCUT2D eigenvalue weighted by Crippen LogP contribution is 2.68. The predicted molar refractivity (Wildman–Crippen MR) is 163 cm³/mol. The van der Waals surface area contributed by atoms with Gasteiger partial charge in [0.1, 0.15) is 11.8 Å². The van der Waals surface area contributed by atoms with E-state index in [0.717, 1.165) is 19.3 Å². The lowest BCUT2D eigenvalue weighted by atomic mass is 9.70. The van der Waals surface area contributed by atoms with E-state index in [9.17, 15) is 19.5 Å². The molecule has 3 fully saturated rings. The van der Waals surface area contributed by atoms with E-state index in [1.165, 1.54) is 0 Å². The van der Waals surface area contributed by atoms with Crippen LogP contribution in [0.15, 0.2) is 49.6 Å². The molecular weight excluding hydrogens is 594 g/mol. The van der Waals surface area contributed by atoms with Crippen molar-refractivity contribution in [1.29, 1.82) is 0 Å². The minimum atomic E-state index is -0.709. The second kappa shape index (κ2) is 13.1. The molecular formula is C30H40BrN3O5S. The molecule has 10 heteroatoms. The Bertz CT molecular complexity index is 1120. The van der Waals surface area contributed by atoms with Crippen molar-refractivity contribution in [1.82, 2.24) is 9.80 Å². The van der Waals surface area contributed by atoms with Crippen LogP contribution >= 0.6 is 27.7 Å². The second-order valence-electron chi connectivity index (χ2n) is 10.8. The van der Waals surface area contributed by atoms with Gasteiger partial charge in [0, 0.05) is 49.1 Å². The van der Waals surface area contributed by atoms with Crippen molar-refractivity contribution in [3.05, 3.63) is 49.6 Å². The molecule has 1 aromatic carbocycles. The molecule has 0 saturated carbocycles. The Morgan fingerprint density at radius 1 is 1.15 bits per heavy atom. The Morgan fingerprint density at radius 3 is 2.45 bits per heavy atom. The summed E-state index contributed by atoms with van der Waals surface area (Å²) in [6.45, 7) is 8.91. The van der Waals surface area contributed by atoms with Crippen molar-refractivity contribution in [2.45, 2.75) is 53.0 Å². The smallest absolute Gasteiger partial charge is 0.251 e. The first-order chi connectivity index (χ1) is 19.2. The summed E-state index contributed by atoms with van der Waals surface area (Å²) in [4.78, 5) is 47.7. The number of likely N-dealkylation sites (N-methyl/N-ethyl adjacent to an activating group) is 1. The molecule has 218 valence electrons. The topological polar surface area (TPSA) is 90.4 Å². The van der Waals surface area contributed by atoms with Gasteiger partial charge in [-0.15, -0.1) is 24.9 Å². The lowest BCUT2D eigenvalue weighted by Gasteiger charge is -2.38. The first kappa shape index (κ1) is 30.7. The maximum absolute atomic E-state index is 14.6. The SMILES string of the molecule is C=CCN(C)C(=O)[C@H]1[C@H]2C(=O)N(CCCCCCO)C(C(=O)N(CC=C)c3ccc(OC)cc3)C23CC(Br)[C@@H]1S3. The van der Waals surface area contributed by atoms with Crippen LogP contribution < -0.4 is 9.64 Å². The highest BCUT2D eigenvalue weighted by molar-refractivity contribution is 9.09. The van der Waals surface area contributed by atoms with Gasteiger partial charge >= 0.3 is 0 Å². The normalized spacial score (nSPS) is 28.4. The number of anilines is 1. The molecule has 3 saturated heterocycles. The molecule has 0 aromatic heterocycles. The lowest BCUT2D eigenvalue weighted by Crippen LogP contribution is -2.56. The molecule has 3 aliphatic rings. The van der Waals surface area contributed by atoms with Crippen molar-refractivity contribution in [2.75, 3.05) is 45.3 Å². The van der Waals surface area contributed by atoms with Gasteiger partial charge in [0.15, 0.2) is 0 Å². The molecule has 0 aliphatic carbocycles. The highest BCUT2D eigenvalue weighted by Gasteiger charge is 2.75. The Hall–Kier alpha value is -2.30. The molecule has 0 radical (unpaired) electrons. The minimum absolute atomic E-state index is 0.0151. The number of aliphatic hydroxyl groups excluding tert-OH is 1. The van der Waals surface area contributed by atoms with Crippen LogP contribution in [0.5, 0.6) is 5.75 Å². The Labute approximate surface area is 249 Å². The number of carbonyl (C=O) groups is 3. The number of halogens is 1. The van der Waals surface area contributed by atoms with Gasteiger partial charge in [0.25, 0.3) is 5.91 Å². The fourth-order valence-electron chi connectivity index (χ4n) is 6.58. The number of methoxy groups -OCH3 is 1. The van der Waals surface area contributed by atoms with Crippen molar-refractivity contribution in [3.8, 4) is 5.75 Å². The van der Waals surface area contributed by atoms with E-state index in [1.54, 1.807) is 52.8 Å². The number of thioether (sulfide) groups is 1. The number of amides is 3. The van der Waals surface area contributed by atoms with Gasteiger partial charge in [-0.3, -0.25) is 14.4 Å². The lowest BCUT2D eigenvalue weighted by molar-refractivity contribution is -0.143. The number of benzene rings is 1. The van der Waals surface area contributed by atoms with Gasteiger partial charge in [-0.05, 0) is 43.5 Å². The molecule has 8 nitrogen and oxygen atoms in total.